The topological polar surface area (TPSA) is 84.3 Å². The second-order valence-electron chi connectivity index (χ2n) is 6.12. The summed E-state index contributed by atoms with van der Waals surface area (Å²) in [5.74, 6) is -0.215. The van der Waals surface area contributed by atoms with Crippen LogP contribution in [0.5, 0.6) is 5.75 Å². The Morgan fingerprint density at radius 2 is 1.96 bits per heavy atom. The normalized spacial score (nSPS) is 10.8. The van der Waals surface area contributed by atoms with Crippen molar-refractivity contribution < 1.29 is 14.6 Å². The Hall–Kier alpha value is -2.64. The summed E-state index contributed by atoms with van der Waals surface area (Å²) in [5.41, 5.74) is 2.41. The van der Waals surface area contributed by atoms with Gasteiger partial charge in [0.25, 0.3) is 0 Å². The van der Waals surface area contributed by atoms with E-state index in [2.05, 4.69) is 15.5 Å². The lowest BCUT2D eigenvalue weighted by atomic mass is 10.1. The van der Waals surface area contributed by atoms with Crippen LogP contribution in [0.2, 0.25) is 5.02 Å². The Morgan fingerprint density at radius 1 is 1.22 bits per heavy atom. The van der Waals surface area contributed by atoms with Gasteiger partial charge in [0.15, 0.2) is 0 Å². The molecule has 27 heavy (non-hydrogen) atoms. The standard InChI is InChI=1S/C19H18ClN3O3S/c1-11(2)26-16-8-5-13(10-15(16)20)18-22-23-19(27-18)21-14-6-3-12(4-7-14)9-17(24)25/h3-8,10-11H,9H2,1-2H3,(H,21,23)(H,24,25). The van der Waals surface area contributed by atoms with Gasteiger partial charge in [0.1, 0.15) is 10.8 Å². The van der Waals surface area contributed by atoms with E-state index in [1.165, 1.54) is 11.3 Å². The number of aromatic nitrogens is 2. The van der Waals surface area contributed by atoms with Crippen LogP contribution in [-0.4, -0.2) is 27.4 Å². The van der Waals surface area contributed by atoms with Crippen molar-refractivity contribution in [2.45, 2.75) is 26.4 Å². The van der Waals surface area contributed by atoms with Crippen molar-refractivity contribution in [3.63, 3.8) is 0 Å². The van der Waals surface area contributed by atoms with Gasteiger partial charge in [0, 0.05) is 11.3 Å². The van der Waals surface area contributed by atoms with Gasteiger partial charge in [-0.1, -0.05) is 35.1 Å². The zero-order valence-electron chi connectivity index (χ0n) is 14.8. The van der Waals surface area contributed by atoms with Crippen molar-refractivity contribution in [2.24, 2.45) is 0 Å². The highest BCUT2D eigenvalue weighted by molar-refractivity contribution is 7.18. The van der Waals surface area contributed by atoms with Crippen LogP contribution in [-0.2, 0) is 11.2 Å². The first-order valence-corrected chi connectivity index (χ1v) is 9.48. The molecular formula is C19H18ClN3O3S. The molecule has 0 radical (unpaired) electrons. The summed E-state index contributed by atoms with van der Waals surface area (Å²) < 4.78 is 5.64. The molecule has 0 amide bonds. The molecular weight excluding hydrogens is 386 g/mol. The summed E-state index contributed by atoms with van der Waals surface area (Å²) in [5, 5.41) is 22.2. The molecule has 0 spiro atoms. The Labute approximate surface area is 165 Å². The lowest BCUT2D eigenvalue weighted by molar-refractivity contribution is -0.136. The number of hydrogen-bond acceptors (Lipinski definition) is 6. The number of carbonyl (C=O) groups is 1. The highest BCUT2D eigenvalue weighted by Crippen LogP contribution is 2.34. The predicted molar refractivity (Wildman–Crippen MR) is 107 cm³/mol. The number of benzene rings is 2. The number of carboxylic acid groups (broad SMARTS) is 1. The molecule has 2 N–H and O–H groups in total. The van der Waals surface area contributed by atoms with Gasteiger partial charge in [-0.25, -0.2) is 0 Å². The number of carboxylic acids is 1. The first kappa shape index (κ1) is 19.1. The first-order chi connectivity index (χ1) is 12.9. The second-order valence-corrected chi connectivity index (χ2v) is 7.50. The minimum absolute atomic E-state index is 0.000510. The zero-order chi connectivity index (χ0) is 19.4. The molecule has 0 atom stereocenters. The van der Waals surface area contributed by atoms with E-state index >= 15 is 0 Å². The summed E-state index contributed by atoms with van der Waals surface area (Å²) >= 11 is 7.68. The fraction of sp³-hybridized carbons (Fsp3) is 0.211. The first-order valence-electron chi connectivity index (χ1n) is 8.28. The van der Waals surface area contributed by atoms with Gasteiger partial charge >= 0.3 is 5.97 Å². The SMILES string of the molecule is CC(C)Oc1ccc(-c2nnc(Nc3ccc(CC(=O)O)cc3)s2)cc1Cl. The molecule has 1 heterocycles. The molecule has 8 heteroatoms. The maximum absolute atomic E-state index is 10.7. The number of nitrogens with zero attached hydrogens (tertiary/aromatic N) is 2. The maximum Gasteiger partial charge on any atom is 0.307 e. The van der Waals surface area contributed by atoms with Gasteiger partial charge in [-0.05, 0) is 49.7 Å². The highest BCUT2D eigenvalue weighted by Gasteiger charge is 2.11. The Bertz CT molecular complexity index is 942. The number of ether oxygens (including phenoxy) is 1. The van der Waals surface area contributed by atoms with Gasteiger partial charge < -0.3 is 15.2 Å². The van der Waals surface area contributed by atoms with E-state index in [1.54, 1.807) is 12.1 Å². The number of anilines is 2. The molecule has 0 aliphatic carbocycles. The Morgan fingerprint density at radius 3 is 2.59 bits per heavy atom. The fourth-order valence-corrected chi connectivity index (χ4v) is 3.36. The van der Waals surface area contributed by atoms with Crippen LogP contribution in [0.15, 0.2) is 42.5 Å². The monoisotopic (exact) mass is 403 g/mol. The van der Waals surface area contributed by atoms with E-state index in [-0.39, 0.29) is 12.5 Å². The largest absolute Gasteiger partial charge is 0.489 e. The molecule has 0 saturated carbocycles. The number of halogens is 1. The van der Waals surface area contributed by atoms with E-state index in [4.69, 9.17) is 21.4 Å². The second kappa shape index (κ2) is 8.37. The average Bonchev–Trinajstić information content (AvgIpc) is 3.06. The van der Waals surface area contributed by atoms with E-state index in [9.17, 15) is 4.79 Å². The number of rotatable bonds is 7. The molecule has 0 saturated heterocycles. The third-order valence-electron chi connectivity index (χ3n) is 3.53. The summed E-state index contributed by atoms with van der Waals surface area (Å²) in [4.78, 5) is 10.7. The van der Waals surface area contributed by atoms with Crippen molar-refractivity contribution in [3.05, 3.63) is 53.1 Å². The summed E-state index contributed by atoms with van der Waals surface area (Å²) in [6.07, 6.45) is 0.0492. The van der Waals surface area contributed by atoms with Gasteiger partial charge in [-0.2, -0.15) is 0 Å². The Kier molecular flexibility index (Phi) is 5.93. The highest BCUT2D eigenvalue weighted by atomic mass is 35.5. The molecule has 0 unspecified atom stereocenters. The molecule has 1 aromatic heterocycles. The number of hydrogen-bond donors (Lipinski definition) is 2. The third kappa shape index (κ3) is 5.18. The third-order valence-corrected chi connectivity index (χ3v) is 4.71. The molecule has 3 rings (SSSR count). The van der Waals surface area contributed by atoms with Crippen LogP contribution in [0.25, 0.3) is 10.6 Å². The Balaban J connectivity index is 1.71. The molecule has 2 aromatic carbocycles. The van der Waals surface area contributed by atoms with Crippen LogP contribution in [0.4, 0.5) is 10.8 Å². The van der Waals surface area contributed by atoms with Gasteiger partial charge in [-0.3, -0.25) is 4.79 Å². The minimum atomic E-state index is -0.854. The predicted octanol–water partition coefficient (Wildman–Crippen LogP) is 5.02. The molecule has 140 valence electrons. The summed E-state index contributed by atoms with van der Waals surface area (Å²) in [7, 11) is 0. The molecule has 3 aromatic rings. The van der Waals surface area contributed by atoms with Crippen LogP contribution in [0.3, 0.4) is 0 Å². The summed E-state index contributed by atoms with van der Waals surface area (Å²) in [6, 6.07) is 12.7. The van der Waals surface area contributed by atoms with E-state index in [1.807, 2.05) is 44.2 Å². The lowest BCUT2D eigenvalue weighted by Gasteiger charge is -2.11. The van der Waals surface area contributed by atoms with Crippen molar-refractivity contribution in [1.82, 2.24) is 10.2 Å². The quantitative estimate of drug-likeness (QED) is 0.576. The van der Waals surface area contributed by atoms with Gasteiger partial charge in [0.05, 0.1) is 17.5 Å². The van der Waals surface area contributed by atoms with Crippen molar-refractivity contribution in [1.29, 1.82) is 0 Å². The van der Waals surface area contributed by atoms with Crippen molar-refractivity contribution in [2.75, 3.05) is 5.32 Å². The minimum Gasteiger partial charge on any atom is -0.489 e. The summed E-state index contributed by atoms with van der Waals surface area (Å²) in [6.45, 7) is 3.89. The molecule has 0 aliphatic rings. The zero-order valence-corrected chi connectivity index (χ0v) is 16.3. The number of nitrogens with one attached hydrogen (secondary N) is 1. The lowest BCUT2D eigenvalue weighted by Crippen LogP contribution is -2.05. The van der Waals surface area contributed by atoms with Crippen LogP contribution in [0.1, 0.15) is 19.4 Å². The molecule has 0 aliphatic heterocycles. The van der Waals surface area contributed by atoms with Gasteiger partial charge in [0.2, 0.25) is 5.13 Å². The molecule has 0 bridgehead atoms. The van der Waals surface area contributed by atoms with E-state index in [0.717, 1.165) is 21.8 Å². The van der Waals surface area contributed by atoms with Crippen molar-refractivity contribution >= 4 is 39.7 Å². The maximum atomic E-state index is 10.7. The molecule has 6 nitrogen and oxygen atoms in total. The average molecular weight is 404 g/mol. The van der Waals surface area contributed by atoms with E-state index in [0.29, 0.717) is 15.9 Å². The number of aliphatic carboxylic acids is 1. The van der Waals surface area contributed by atoms with Crippen LogP contribution < -0.4 is 10.1 Å². The van der Waals surface area contributed by atoms with Crippen molar-refractivity contribution in [3.8, 4) is 16.3 Å². The smallest absolute Gasteiger partial charge is 0.307 e. The van der Waals surface area contributed by atoms with Gasteiger partial charge in [-0.15, -0.1) is 10.2 Å². The fourth-order valence-electron chi connectivity index (χ4n) is 2.38. The van der Waals surface area contributed by atoms with Crippen LogP contribution in [0, 0.1) is 0 Å². The van der Waals surface area contributed by atoms with E-state index < -0.39 is 5.97 Å². The molecule has 0 fully saturated rings. The van der Waals surface area contributed by atoms with Crippen LogP contribution >= 0.6 is 22.9 Å².